The summed E-state index contributed by atoms with van der Waals surface area (Å²) in [6.07, 6.45) is 8.50. The van der Waals surface area contributed by atoms with Crippen LogP contribution in [0.4, 0.5) is 0 Å². The van der Waals surface area contributed by atoms with Crippen LogP contribution in [-0.2, 0) is 34.9 Å². The van der Waals surface area contributed by atoms with Crippen LogP contribution in [0.25, 0.3) is 10.9 Å². The summed E-state index contributed by atoms with van der Waals surface area (Å²) in [5.41, 5.74) is 2.12. The first-order valence-electron chi connectivity index (χ1n) is 16.6. The molecule has 0 unspecified atom stereocenters. The zero-order valence-corrected chi connectivity index (χ0v) is 27.2. The molecule has 1 saturated heterocycles. The lowest BCUT2D eigenvalue weighted by Gasteiger charge is -2.45. The van der Waals surface area contributed by atoms with Crippen molar-refractivity contribution in [1.29, 1.82) is 0 Å². The Morgan fingerprint density at radius 2 is 1.49 bits per heavy atom. The molecule has 1 aliphatic rings. The van der Waals surface area contributed by atoms with Crippen molar-refractivity contribution in [2.75, 3.05) is 39.6 Å². The van der Waals surface area contributed by atoms with Gasteiger partial charge in [-0.05, 0) is 55.9 Å². The molecule has 0 radical (unpaired) electrons. The fourth-order valence-corrected chi connectivity index (χ4v) is 5.16. The van der Waals surface area contributed by atoms with E-state index >= 15 is 0 Å². The SMILES string of the molecule is CCCCOC[C@H]1O[C@H](Oc2ccc3[nH]cc(CCNC(C)=O)c3c2)[C@H](OCCCC)[C@@H](OCCCC)[C@@H]1OCCCC. The molecule has 0 spiro atoms. The van der Waals surface area contributed by atoms with Gasteiger partial charge in [-0.25, -0.2) is 0 Å². The molecule has 0 aliphatic carbocycles. The summed E-state index contributed by atoms with van der Waals surface area (Å²) in [4.78, 5) is 14.7. The molecule has 43 heavy (non-hydrogen) atoms. The fraction of sp³-hybridized carbons (Fsp3) is 0.735. The summed E-state index contributed by atoms with van der Waals surface area (Å²) >= 11 is 0. The normalized spacial score (nSPS) is 22.2. The zero-order chi connectivity index (χ0) is 30.9. The predicted octanol–water partition coefficient (Wildman–Crippen LogP) is 6.32. The van der Waals surface area contributed by atoms with Crippen LogP contribution in [-0.4, -0.2) is 81.2 Å². The Bertz CT molecular complexity index is 1040. The molecular weight excluding hydrogens is 548 g/mol. The van der Waals surface area contributed by atoms with Crippen LogP contribution in [0.15, 0.2) is 24.4 Å². The van der Waals surface area contributed by atoms with Crippen molar-refractivity contribution in [2.24, 2.45) is 0 Å². The number of rotatable bonds is 22. The minimum atomic E-state index is -0.700. The molecule has 0 bridgehead atoms. The third-order valence-electron chi connectivity index (χ3n) is 7.70. The maximum atomic E-state index is 11.4. The number of ether oxygens (including phenoxy) is 6. The van der Waals surface area contributed by atoms with Gasteiger partial charge in [-0.2, -0.15) is 0 Å². The number of fused-ring (bicyclic) bond motifs is 1. The second-order valence-corrected chi connectivity index (χ2v) is 11.4. The molecule has 2 heterocycles. The minimum Gasteiger partial charge on any atom is -0.462 e. The van der Waals surface area contributed by atoms with Crippen molar-refractivity contribution >= 4 is 16.8 Å². The van der Waals surface area contributed by atoms with Crippen LogP contribution in [0.3, 0.4) is 0 Å². The van der Waals surface area contributed by atoms with E-state index in [0.29, 0.717) is 51.7 Å². The summed E-state index contributed by atoms with van der Waals surface area (Å²) < 4.78 is 38.9. The van der Waals surface area contributed by atoms with Gasteiger partial charge in [0.05, 0.1) is 6.61 Å². The standard InChI is InChI=1S/C34H56N2O7/c1-6-10-18-38-24-30-31(39-19-11-7-2)32(40-20-12-8-3)33(41-21-13-9-4)34(43-30)42-27-14-15-29-28(22-27)26(23-36-29)16-17-35-25(5)37/h14-15,22-23,30-34,36H,6-13,16-21,24H2,1-5H3,(H,35,37)/t30-,31-,32+,33-,34+/m1/s1. The Morgan fingerprint density at radius 3 is 2.14 bits per heavy atom. The lowest BCUT2D eigenvalue weighted by Crippen LogP contribution is -2.63. The van der Waals surface area contributed by atoms with E-state index in [-0.39, 0.29) is 24.2 Å². The summed E-state index contributed by atoms with van der Waals surface area (Å²) in [7, 11) is 0. The third kappa shape index (κ3) is 11.4. The lowest BCUT2D eigenvalue weighted by atomic mass is 9.98. The Morgan fingerprint density at radius 1 is 0.860 bits per heavy atom. The van der Waals surface area contributed by atoms with Gasteiger partial charge in [-0.15, -0.1) is 0 Å². The number of carbonyl (C=O) groups excluding carboxylic acids is 1. The molecule has 1 fully saturated rings. The van der Waals surface area contributed by atoms with Crippen LogP contribution < -0.4 is 10.1 Å². The topological polar surface area (TPSA) is 100 Å². The largest absolute Gasteiger partial charge is 0.462 e. The summed E-state index contributed by atoms with van der Waals surface area (Å²) in [5, 5.41) is 3.93. The Hall–Kier alpha value is -2.17. The molecule has 0 saturated carbocycles. The highest BCUT2D eigenvalue weighted by atomic mass is 16.7. The van der Waals surface area contributed by atoms with Crippen molar-refractivity contribution in [1.82, 2.24) is 10.3 Å². The predicted molar refractivity (Wildman–Crippen MR) is 170 cm³/mol. The van der Waals surface area contributed by atoms with Crippen LogP contribution in [0, 0.1) is 0 Å². The molecule has 5 atom stereocenters. The van der Waals surface area contributed by atoms with E-state index < -0.39 is 12.4 Å². The Labute approximate surface area is 258 Å². The van der Waals surface area contributed by atoms with E-state index in [2.05, 4.69) is 38.0 Å². The fourth-order valence-electron chi connectivity index (χ4n) is 5.16. The monoisotopic (exact) mass is 604 g/mol. The van der Waals surface area contributed by atoms with E-state index in [1.165, 1.54) is 6.92 Å². The number of aromatic amines is 1. The first-order chi connectivity index (χ1) is 21.0. The van der Waals surface area contributed by atoms with Crippen LogP contribution in [0.5, 0.6) is 5.75 Å². The zero-order valence-electron chi connectivity index (χ0n) is 27.2. The molecule has 1 amide bonds. The molecule has 9 heteroatoms. The molecule has 244 valence electrons. The summed E-state index contributed by atoms with van der Waals surface area (Å²) in [5.74, 6) is 0.652. The third-order valence-corrected chi connectivity index (χ3v) is 7.70. The second kappa shape index (κ2) is 20.0. The highest BCUT2D eigenvalue weighted by Crippen LogP contribution is 2.32. The highest BCUT2D eigenvalue weighted by Gasteiger charge is 2.49. The molecule has 1 aromatic carbocycles. The minimum absolute atomic E-state index is 0.0339. The molecule has 3 rings (SSSR count). The summed E-state index contributed by atoms with van der Waals surface area (Å²) in [6.45, 7) is 13.6. The molecule has 1 aromatic heterocycles. The van der Waals surface area contributed by atoms with Gasteiger partial charge in [0.15, 0.2) is 0 Å². The quantitative estimate of drug-likeness (QED) is 0.152. The maximum Gasteiger partial charge on any atom is 0.229 e. The van der Waals surface area contributed by atoms with Gasteiger partial charge in [-0.1, -0.05) is 53.4 Å². The van der Waals surface area contributed by atoms with Crippen molar-refractivity contribution in [3.63, 3.8) is 0 Å². The number of benzene rings is 1. The van der Waals surface area contributed by atoms with E-state index in [1.807, 2.05) is 24.4 Å². The van der Waals surface area contributed by atoms with E-state index in [4.69, 9.17) is 28.4 Å². The molecule has 9 nitrogen and oxygen atoms in total. The lowest BCUT2D eigenvalue weighted by molar-refractivity contribution is -0.304. The number of hydrogen-bond acceptors (Lipinski definition) is 7. The van der Waals surface area contributed by atoms with Gasteiger partial charge in [0.1, 0.15) is 30.2 Å². The molecule has 2 N–H and O–H groups in total. The number of H-pyrrole nitrogens is 1. The van der Waals surface area contributed by atoms with Gasteiger partial charge in [-0.3, -0.25) is 4.79 Å². The van der Waals surface area contributed by atoms with Crippen molar-refractivity contribution in [2.45, 2.75) is 123 Å². The number of unbranched alkanes of at least 4 members (excludes halogenated alkanes) is 4. The average Bonchev–Trinajstić information content (AvgIpc) is 3.39. The first kappa shape index (κ1) is 35.3. The Balaban J connectivity index is 1.89. The van der Waals surface area contributed by atoms with E-state index in [0.717, 1.165) is 67.8 Å². The van der Waals surface area contributed by atoms with Crippen molar-refractivity contribution in [3.05, 3.63) is 30.0 Å². The van der Waals surface area contributed by atoms with Gasteiger partial charge >= 0.3 is 0 Å². The van der Waals surface area contributed by atoms with Gasteiger partial charge in [0.25, 0.3) is 0 Å². The number of hydrogen-bond donors (Lipinski definition) is 2. The van der Waals surface area contributed by atoms with Crippen LogP contribution in [0.1, 0.15) is 91.5 Å². The van der Waals surface area contributed by atoms with Crippen molar-refractivity contribution in [3.8, 4) is 5.75 Å². The first-order valence-corrected chi connectivity index (χ1v) is 16.6. The van der Waals surface area contributed by atoms with Gasteiger partial charge in [0, 0.05) is 57.0 Å². The second-order valence-electron chi connectivity index (χ2n) is 11.4. The van der Waals surface area contributed by atoms with E-state index in [1.54, 1.807) is 0 Å². The number of nitrogens with one attached hydrogen (secondary N) is 2. The number of carbonyl (C=O) groups is 1. The van der Waals surface area contributed by atoms with Crippen LogP contribution >= 0.6 is 0 Å². The average molecular weight is 605 g/mol. The Kier molecular flexibility index (Phi) is 16.4. The number of amides is 1. The molecular formula is C34H56N2O7. The maximum absolute atomic E-state index is 11.4. The highest BCUT2D eigenvalue weighted by molar-refractivity contribution is 5.84. The summed E-state index contributed by atoms with van der Waals surface area (Å²) in [6, 6.07) is 6.00. The van der Waals surface area contributed by atoms with Crippen LogP contribution in [0.2, 0.25) is 0 Å². The molecule has 1 aliphatic heterocycles. The molecule has 2 aromatic rings. The van der Waals surface area contributed by atoms with Gasteiger partial charge in [0.2, 0.25) is 12.2 Å². The smallest absolute Gasteiger partial charge is 0.229 e. The number of aromatic nitrogens is 1. The van der Waals surface area contributed by atoms with Gasteiger partial charge < -0.3 is 38.7 Å². The van der Waals surface area contributed by atoms with Crippen molar-refractivity contribution < 1.29 is 33.2 Å². The van der Waals surface area contributed by atoms with E-state index in [9.17, 15) is 4.79 Å².